The smallest absolute Gasteiger partial charge is 0.135 e. The van der Waals surface area contributed by atoms with E-state index < -0.39 is 0 Å². The van der Waals surface area contributed by atoms with Gasteiger partial charge < -0.3 is 9.84 Å². The first-order chi connectivity index (χ1) is 7.72. The van der Waals surface area contributed by atoms with E-state index in [1.165, 1.54) is 12.8 Å². The fourth-order valence-corrected chi connectivity index (χ4v) is 3.61. The van der Waals surface area contributed by atoms with Crippen LogP contribution in [0.1, 0.15) is 43.6 Å². The standard InChI is InChI=1S/C13H20O2S/c1-9-4-3-5-10(8-9)12(14)13-11(15-2)6-7-16-13/h6-7,9-10,12,14H,3-5,8H2,1-2H3. The molecule has 1 aromatic heterocycles. The van der Waals surface area contributed by atoms with E-state index in [9.17, 15) is 5.11 Å². The van der Waals surface area contributed by atoms with Gasteiger partial charge in [0.1, 0.15) is 5.75 Å². The minimum absolute atomic E-state index is 0.335. The normalized spacial score (nSPS) is 27.7. The maximum absolute atomic E-state index is 10.4. The van der Waals surface area contributed by atoms with Gasteiger partial charge in [-0.15, -0.1) is 11.3 Å². The van der Waals surface area contributed by atoms with Crippen molar-refractivity contribution < 1.29 is 9.84 Å². The van der Waals surface area contributed by atoms with E-state index in [-0.39, 0.29) is 6.10 Å². The minimum Gasteiger partial charge on any atom is -0.495 e. The summed E-state index contributed by atoms with van der Waals surface area (Å²) in [5.41, 5.74) is 0. The lowest BCUT2D eigenvalue weighted by Crippen LogP contribution is -2.19. The second kappa shape index (κ2) is 5.19. The quantitative estimate of drug-likeness (QED) is 0.874. The van der Waals surface area contributed by atoms with E-state index >= 15 is 0 Å². The largest absolute Gasteiger partial charge is 0.495 e. The van der Waals surface area contributed by atoms with E-state index in [2.05, 4.69) is 6.92 Å². The molecular formula is C13H20O2S. The SMILES string of the molecule is COc1ccsc1C(O)C1CCCC(C)C1. The Hall–Kier alpha value is -0.540. The van der Waals surface area contributed by atoms with Crippen LogP contribution in [-0.2, 0) is 0 Å². The van der Waals surface area contributed by atoms with Crippen molar-refractivity contribution in [3.05, 3.63) is 16.3 Å². The highest BCUT2D eigenvalue weighted by atomic mass is 32.1. The number of hydrogen-bond acceptors (Lipinski definition) is 3. The molecule has 1 aromatic rings. The van der Waals surface area contributed by atoms with Gasteiger partial charge in [-0.1, -0.05) is 19.8 Å². The molecule has 1 fully saturated rings. The number of ether oxygens (including phenoxy) is 1. The lowest BCUT2D eigenvalue weighted by Gasteiger charge is -2.30. The van der Waals surface area contributed by atoms with E-state index in [0.29, 0.717) is 5.92 Å². The molecule has 1 heterocycles. The number of rotatable bonds is 3. The monoisotopic (exact) mass is 240 g/mol. The second-order valence-electron chi connectivity index (χ2n) is 4.83. The summed E-state index contributed by atoms with van der Waals surface area (Å²) in [6.07, 6.45) is 4.51. The molecule has 1 aliphatic carbocycles. The van der Waals surface area contributed by atoms with Crippen molar-refractivity contribution in [2.24, 2.45) is 11.8 Å². The third-order valence-electron chi connectivity index (χ3n) is 3.57. The van der Waals surface area contributed by atoms with Gasteiger partial charge >= 0.3 is 0 Å². The maximum Gasteiger partial charge on any atom is 0.135 e. The predicted molar refractivity (Wildman–Crippen MR) is 67.0 cm³/mol. The van der Waals surface area contributed by atoms with Crippen LogP contribution in [0.25, 0.3) is 0 Å². The molecule has 16 heavy (non-hydrogen) atoms. The summed E-state index contributed by atoms with van der Waals surface area (Å²) in [6.45, 7) is 2.28. The van der Waals surface area contributed by atoms with Crippen LogP contribution in [0.15, 0.2) is 11.4 Å². The number of aliphatic hydroxyl groups is 1. The fraction of sp³-hybridized carbons (Fsp3) is 0.692. The highest BCUT2D eigenvalue weighted by molar-refractivity contribution is 7.10. The summed E-state index contributed by atoms with van der Waals surface area (Å²) in [7, 11) is 1.67. The maximum atomic E-state index is 10.4. The first-order valence-electron chi connectivity index (χ1n) is 6.01. The molecule has 0 bridgehead atoms. The average molecular weight is 240 g/mol. The Morgan fingerprint density at radius 1 is 1.50 bits per heavy atom. The average Bonchev–Trinajstić information content (AvgIpc) is 2.76. The van der Waals surface area contributed by atoms with Gasteiger partial charge in [-0.25, -0.2) is 0 Å². The van der Waals surface area contributed by atoms with Gasteiger partial charge in [-0.2, -0.15) is 0 Å². The molecule has 0 radical (unpaired) electrons. The summed E-state index contributed by atoms with van der Waals surface area (Å²) in [5.74, 6) is 2.01. The number of thiophene rings is 1. The van der Waals surface area contributed by atoms with Crippen molar-refractivity contribution in [3.8, 4) is 5.75 Å². The van der Waals surface area contributed by atoms with Crippen molar-refractivity contribution in [2.45, 2.75) is 38.7 Å². The number of hydrogen-bond donors (Lipinski definition) is 1. The van der Waals surface area contributed by atoms with Crippen molar-refractivity contribution in [1.29, 1.82) is 0 Å². The summed E-state index contributed by atoms with van der Waals surface area (Å²) < 4.78 is 5.27. The number of methoxy groups -OCH3 is 1. The first-order valence-corrected chi connectivity index (χ1v) is 6.89. The fourth-order valence-electron chi connectivity index (χ4n) is 2.68. The molecule has 2 nitrogen and oxygen atoms in total. The first kappa shape index (κ1) is 11.9. The van der Waals surface area contributed by atoms with Crippen LogP contribution in [0.4, 0.5) is 0 Å². The summed E-state index contributed by atoms with van der Waals surface area (Å²) in [4.78, 5) is 1.00. The van der Waals surface area contributed by atoms with E-state index in [1.807, 2.05) is 11.4 Å². The molecular weight excluding hydrogens is 220 g/mol. The number of aliphatic hydroxyl groups excluding tert-OH is 1. The van der Waals surface area contributed by atoms with Gasteiger partial charge in [0.15, 0.2) is 0 Å². The van der Waals surface area contributed by atoms with Gasteiger partial charge in [-0.3, -0.25) is 0 Å². The Balaban J connectivity index is 2.09. The highest BCUT2D eigenvalue weighted by Gasteiger charge is 2.28. The molecule has 2 rings (SSSR count). The van der Waals surface area contributed by atoms with E-state index in [4.69, 9.17) is 4.74 Å². The zero-order valence-corrected chi connectivity index (χ0v) is 10.8. The molecule has 0 aliphatic heterocycles. The van der Waals surface area contributed by atoms with Crippen LogP contribution in [0.5, 0.6) is 5.75 Å². The summed E-state index contributed by atoms with van der Waals surface area (Å²) in [5, 5.41) is 12.4. The van der Waals surface area contributed by atoms with Crippen molar-refractivity contribution in [2.75, 3.05) is 7.11 Å². The Kier molecular flexibility index (Phi) is 3.87. The third kappa shape index (κ3) is 2.41. The van der Waals surface area contributed by atoms with Crippen LogP contribution < -0.4 is 4.74 Å². The topological polar surface area (TPSA) is 29.5 Å². The second-order valence-corrected chi connectivity index (χ2v) is 5.78. The predicted octanol–water partition coefficient (Wildman–Crippen LogP) is 3.62. The van der Waals surface area contributed by atoms with Crippen LogP contribution in [0.2, 0.25) is 0 Å². The van der Waals surface area contributed by atoms with Crippen molar-refractivity contribution in [1.82, 2.24) is 0 Å². The van der Waals surface area contributed by atoms with Crippen molar-refractivity contribution in [3.63, 3.8) is 0 Å². The Labute approximate surface area is 101 Å². The summed E-state index contributed by atoms with van der Waals surface area (Å²) in [6, 6.07) is 1.94. The van der Waals surface area contributed by atoms with E-state index in [0.717, 1.165) is 29.4 Å². The molecule has 3 atom stereocenters. The van der Waals surface area contributed by atoms with Gasteiger partial charge in [-0.05, 0) is 36.1 Å². The van der Waals surface area contributed by atoms with Crippen LogP contribution in [0, 0.1) is 11.8 Å². The molecule has 90 valence electrons. The summed E-state index contributed by atoms with van der Waals surface area (Å²) >= 11 is 1.60. The van der Waals surface area contributed by atoms with E-state index in [1.54, 1.807) is 18.4 Å². The molecule has 0 amide bonds. The molecule has 1 N–H and O–H groups in total. The Morgan fingerprint density at radius 3 is 3.00 bits per heavy atom. The molecule has 1 saturated carbocycles. The highest BCUT2D eigenvalue weighted by Crippen LogP contribution is 2.41. The zero-order valence-electron chi connectivity index (χ0n) is 9.98. The molecule has 0 aromatic carbocycles. The zero-order chi connectivity index (χ0) is 11.5. The van der Waals surface area contributed by atoms with Crippen molar-refractivity contribution >= 4 is 11.3 Å². The molecule has 0 spiro atoms. The lowest BCUT2D eigenvalue weighted by molar-refractivity contribution is 0.0723. The van der Waals surface area contributed by atoms with Gasteiger partial charge in [0.25, 0.3) is 0 Å². The minimum atomic E-state index is -0.335. The van der Waals surface area contributed by atoms with Gasteiger partial charge in [0, 0.05) is 0 Å². The van der Waals surface area contributed by atoms with Gasteiger partial charge in [0.2, 0.25) is 0 Å². The molecule has 1 aliphatic rings. The van der Waals surface area contributed by atoms with Crippen LogP contribution in [0.3, 0.4) is 0 Å². The van der Waals surface area contributed by atoms with Crippen LogP contribution in [-0.4, -0.2) is 12.2 Å². The third-order valence-corrected chi connectivity index (χ3v) is 4.54. The lowest BCUT2D eigenvalue weighted by atomic mass is 9.79. The van der Waals surface area contributed by atoms with Gasteiger partial charge in [0.05, 0.1) is 18.1 Å². The molecule has 0 saturated heterocycles. The molecule has 3 heteroatoms. The van der Waals surface area contributed by atoms with Crippen LogP contribution >= 0.6 is 11.3 Å². The molecule has 3 unspecified atom stereocenters. The Bertz CT molecular complexity index is 334. The Morgan fingerprint density at radius 2 is 2.31 bits per heavy atom.